The van der Waals surface area contributed by atoms with Crippen LogP contribution in [0.3, 0.4) is 0 Å². The van der Waals surface area contributed by atoms with E-state index in [4.69, 9.17) is 0 Å². The molecule has 0 radical (unpaired) electrons. The van der Waals surface area contributed by atoms with Crippen molar-refractivity contribution in [3.05, 3.63) is 59.9 Å². The van der Waals surface area contributed by atoms with E-state index in [-0.39, 0.29) is 0 Å². The second-order valence-corrected chi connectivity index (χ2v) is 5.82. The minimum Gasteiger partial charge on any atom is -0.312 e. The number of nitrogens with one attached hydrogen (secondary N) is 1. The van der Waals surface area contributed by atoms with Crippen LogP contribution in [0, 0.1) is 0 Å². The molecule has 18 heavy (non-hydrogen) atoms. The van der Waals surface area contributed by atoms with Crippen LogP contribution < -0.4 is 5.32 Å². The summed E-state index contributed by atoms with van der Waals surface area (Å²) in [6.45, 7) is 0. The zero-order valence-corrected chi connectivity index (χ0v) is 11.2. The molecule has 0 fully saturated rings. The van der Waals surface area contributed by atoms with Crippen molar-refractivity contribution in [3.8, 4) is 0 Å². The highest BCUT2D eigenvalue weighted by Crippen LogP contribution is 2.40. The van der Waals surface area contributed by atoms with E-state index in [2.05, 4.69) is 46.7 Å². The maximum Gasteiger partial charge on any atom is 0.0447 e. The topological polar surface area (TPSA) is 24.9 Å². The Balaban J connectivity index is 1.83. The molecule has 1 heterocycles. The maximum absolute atomic E-state index is 4.07. The Bertz CT molecular complexity index is 527. The van der Waals surface area contributed by atoms with Crippen LogP contribution in [0.4, 0.5) is 0 Å². The van der Waals surface area contributed by atoms with Crippen molar-refractivity contribution in [3.63, 3.8) is 0 Å². The summed E-state index contributed by atoms with van der Waals surface area (Å²) in [5.41, 5.74) is 2.93. The smallest absolute Gasteiger partial charge is 0.0447 e. The average molecular weight is 256 g/mol. The van der Waals surface area contributed by atoms with E-state index < -0.39 is 0 Å². The van der Waals surface area contributed by atoms with Crippen molar-refractivity contribution in [2.24, 2.45) is 0 Å². The van der Waals surface area contributed by atoms with Gasteiger partial charge in [-0.3, -0.25) is 4.98 Å². The Kier molecular flexibility index (Phi) is 3.35. The van der Waals surface area contributed by atoms with E-state index in [0.717, 1.165) is 6.42 Å². The highest BCUT2D eigenvalue weighted by Gasteiger charge is 2.31. The fraction of sp³-hybridized carbons (Fsp3) is 0.267. The Morgan fingerprint density at radius 2 is 1.94 bits per heavy atom. The molecule has 0 aliphatic heterocycles. The molecule has 0 bridgehead atoms. The van der Waals surface area contributed by atoms with Gasteiger partial charge in [0.25, 0.3) is 0 Å². The quantitative estimate of drug-likeness (QED) is 0.913. The highest BCUT2D eigenvalue weighted by atomic mass is 32.2. The Hall–Kier alpha value is -1.32. The number of aromatic nitrogens is 1. The first-order valence-electron chi connectivity index (χ1n) is 6.20. The van der Waals surface area contributed by atoms with Gasteiger partial charge in [0.1, 0.15) is 0 Å². The number of fused-ring (bicyclic) bond motifs is 1. The van der Waals surface area contributed by atoms with Crippen LogP contribution in [0.5, 0.6) is 0 Å². The lowest BCUT2D eigenvalue weighted by atomic mass is 10.1. The SMILES string of the molecule is CNC1c2ccccc2CC1Sc1ccncc1. The van der Waals surface area contributed by atoms with Crippen LogP contribution in [0.25, 0.3) is 0 Å². The van der Waals surface area contributed by atoms with Crippen molar-refractivity contribution in [2.75, 3.05) is 7.05 Å². The normalized spacial score (nSPS) is 21.8. The van der Waals surface area contributed by atoms with Crippen molar-refractivity contribution >= 4 is 11.8 Å². The molecule has 1 N–H and O–H groups in total. The molecule has 3 rings (SSSR count). The monoisotopic (exact) mass is 256 g/mol. The molecule has 1 aromatic carbocycles. The summed E-state index contributed by atoms with van der Waals surface area (Å²) in [4.78, 5) is 5.36. The molecule has 1 aliphatic carbocycles. The van der Waals surface area contributed by atoms with Gasteiger partial charge < -0.3 is 5.32 Å². The van der Waals surface area contributed by atoms with Gasteiger partial charge in [0.2, 0.25) is 0 Å². The summed E-state index contributed by atoms with van der Waals surface area (Å²) in [7, 11) is 2.05. The molecule has 0 saturated heterocycles. The van der Waals surface area contributed by atoms with Crippen molar-refractivity contribution in [1.29, 1.82) is 0 Å². The molecule has 2 aromatic rings. The predicted octanol–water partition coefficient (Wildman–Crippen LogP) is 3.06. The molecule has 0 spiro atoms. The van der Waals surface area contributed by atoms with Gasteiger partial charge in [-0.15, -0.1) is 11.8 Å². The second kappa shape index (κ2) is 5.12. The van der Waals surface area contributed by atoms with Gasteiger partial charge in [0.05, 0.1) is 0 Å². The van der Waals surface area contributed by atoms with E-state index >= 15 is 0 Å². The number of pyridine rings is 1. The van der Waals surface area contributed by atoms with Gasteiger partial charge in [0, 0.05) is 28.6 Å². The molecule has 92 valence electrons. The van der Waals surface area contributed by atoms with Gasteiger partial charge in [-0.25, -0.2) is 0 Å². The van der Waals surface area contributed by atoms with E-state index in [1.807, 2.05) is 31.2 Å². The summed E-state index contributed by atoms with van der Waals surface area (Å²) < 4.78 is 0. The molecule has 1 aromatic heterocycles. The summed E-state index contributed by atoms with van der Waals surface area (Å²) in [6, 6.07) is 13.4. The average Bonchev–Trinajstić information content (AvgIpc) is 2.77. The molecule has 0 amide bonds. The molecule has 1 aliphatic rings. The van der Waals surface area contributed by atoms with Crippen molar-refractivity contribution < 1.29 is 0 Å². The lowest BCUT2D eigenvalue weighted by Gasteiger charge is -2.19. The van der Waals surface area contributed by atoms with Crippen LogP contribution in [0.2, 0.25) is 0 Å². The summed E-state index contributed by atoms with van der Waals surface area (Å²) in [5, 5.41) is 4.02. The standard InChI is InChI=1S/C15H16N2S/c1-16-15-13-5-3-2-4-11(13)10-14(15)18-12-6-8-17-9-7-12/h2-9,14-16H,10H2,1H3. The predicted molar refractivity (Wildman–Crippen MR) is 75.8 cm³/mol. The van der Waals surface area contributed by atoms with Gasteiger partial charge in [-0.1, -0.05) is 24.3 Å². The van der Waals surface area contributed by atoms with Crippen LogP contribution in [0.15, 0.2) is 53.7 Å². The van der Waals surface area contributed by atoms with Crippen LogP contribution in [-0.2, 0) is 6.42 Å². The van der Waals surface area contributed by atoms with Crippen molar-refractivity contribution in [2.45, 2.75) is 22.6 Å². The van der Waals surface area contributed by atoms with E-state index in [1.165, 1.54) is 16.0 Å². The zero-order valence-electron chi connectivity index (χ0n) is 10.3. The molecule has 2 nitrogen and oxygen atoms in total. The molecule has 2 unspecified atom stereocenters. The first-order chi connectivity index (χ1) is 8.88. The van der Waals surface area contributed by atoms with Gasteiger partial charge in [-0.2, -0.15) is 0 Å². The zero-order chi connectivity index (χ0) is 12.4. The summed E-state index contributed by atoms with van der Waals surface area (Å²) in [5.74, 6) is 0. The van der Waals surface area contributed by atoms with Gasteiger partial charge in [-0.05, 0) is 36.7 Å². The largest absolute Gasteiger partial charge is 0.312 e. The van der Waals surface area contributed by atoms with Crippen LogP contribution in [0.1, 0.15) is 17.2 Å². The minimum absolute atomic E-state index is 0.444. The first kappa shape index (κ1) is 11.8. The third-order valence-electron chi connectivity index (χ3n) is 3.43. The first-order valence-corrected chi connectivity index (χ1v) is 7.08. The van der Waals surface area contributed by atoms with E-state index in [1.54, 1.807) is 0 Å². The summed E-state index contributed by atoms with van der Waals surface area (Å²) >= 11 is 1.94. The fourth-order valence-corrected chi connectivity index (χ4v) is 3.91. The second-order valence-electron chi connectivity index (χ2n) is 4.51. The number of benzene rings is 1. The molecule has 2 atom stereocenters. The molecule has 0 saturated carbocycles. The van der Waals surface area contributed by atoms with Crippen LogP contribution in [-0.4, -0.2) is 17.3 Å². The van der Waals surface area contributed by atoms with Gasteiger partial charge in [0.15, 0.2) is 0 Å². The molecule has 3 heteroatoms. The third-order valence-corrected chi connectivity index (χ3v) is 4.72. The number of hydrogen-bond acceptors (Lipinski definition) is 3. The highest BCUT2D eigenvalue weighted by molar-refractivity contribution is 8.00. The fourth-order valence-electron chi connectivity index (χ4n) is 2.60. The minimum atomic E-state index is 0.444. The lowest BCUT2D eigenvalue weighted by Crippen LogP contribution is -2.23. The number of rotatable bonds is 3. The van der Waals surface area contributed by atoms with Crippen molar-refractivity contribution in [1.82, 2.24) is 10.3 Å². The van der Waals surface area contributed by atoms with E-state index in [9.17, 15) is 0 Å². The van der Waals surface area contributed by atoms with Gasteiger partial charge >= 0.3 is 0 Å². The lowest BCUT2D eigenvalue weighted by molar-refractivity contribution is 0.603. The maximum atomic E-state index is 4.07. The Morgan fingerprint density at radius 3 is 2.72 bits per heavy atom. The number of hydrogen-bond donors (Lipinski definition) is 1. The third kappa shape index (κ3) is 2.16. The Labute approximate surface area is 112 Å². The van der Waals surface area contributed by atoms with E-state index in [0.29, 0.717) is 11.3 Å². The molecular formula is C15H16N2S. The number of thioether (sulfide) groups is 1. The summed E-state index contributed by atoms with van der Waals surface area (Å²) in [6.07, 6.45) is 4.85. The Morgan fingerprint density at radius 1 is 1.17 bits per heavy atom. The van der Waals surface area contributed by atoms with Crippen LogP contribution >= 0.6 is 11.8 Å². The number of nitrogens with zero attached hydrogens (tertiary/aromatic N) is 1. The molecular weight excluding hydrogens is 240 g/mol.